The number of rotatable bonds is 9. The van der Waals surface area contributed by atoms with E-state index < -0.39 is 7.12 Å². The fourth-order valence-corrected chi connectivity index (χ4v) is 3.24. The molecule has 0 aliphatic carbocycles. The van der Waals surface area contributed by atoms with Gasteiger partial charge in [0.15, 0.2) is 0 Å². The van der Waals surface area contributed by atoms with Crippen LogP contribution in [0.15, 0.2) is 45.9 Å². The number of furan rings is 1. The average molecular weight is 358 g/mol. The van der Waals surface area contributed by atoms with Crippen molar-refractivity contribution in [2.45, 2.75) is 65.5 Å². The number of hydrogen-bond donors (Lipinski definition) is 2. The normalized spacial score (nSPS) is 18.4. The highest BCUT2D eigenvalue weighted by atomic mass is 16.5. The first-order valence-electron chi connectivity index (χ1n) is 9.56. The fourth-order valence-electron chi connectivity index (χ4n) is 3.24. The van der Waals surface area contributed by atoms with E-state index in [-0.39, 0.29) is 12.7 Å². The Balaban J connectivity index is 2.09. The van der Waals surface area contributed by atoms with Gasteiger partial charge in [0.25, 0.3) is 0 Å². The minimum Gasteiger partial charge on any atom is -0.459 e. The molecule has 5 heteroatoms. The van der Waals surface area contributed by atoms with Crippen molar-refractivity contribution in [3.63, 3.8) is 0 Å². The molecule has 1 aliphatic rings. The molecule has 0 radical (unpaired) electrons. The van der Waals surface area contributed by atoms with Gasteiger partial charge in [-0.15, -0.1) is 0 Å². The van der Waals surface area contributed by atoms with E-state index in [9.17, 15) is 5.02 Å². The lowest BCUT2D eigenvalue weighted by Gasteiger charge is -2.29. The predicted octanol–water partition coefficient (Wildman–Crippen LogP) is 4.75. The minimum atomic E-state index is -0.737. The molecule has 1 aliphatic heterocycles. The Labute approximate surface area is 157 Å². The third-order valence-electron chi connectivity index (χ3n) is 4.76. The molecule has 0 saturated carbocycles. The molecular weight excluding hydrogens is 327 g/mol. The van der Waals surface area contributed by atoms with E-state index in [0.29, 0.717) is 18.0 Å². The summed E-state index contributed by atoms with van der Waals surface area (Å²) in [5.41, 5.74) is 3.49. The lowest BCUT2D eigenvalue weighted by atomic mass is 9.76. The summed E-state index contributed by atoms with van der Waals surface area (Å²) in [6.45, 7) is 10.5. The molecule has 1 unspecified atom stereocenters. The molecule has 0 spiro atoms. The number of aliphatic hydroxyl groups is 1. The molecule has 142 valence electrons. The number of allylic oxidation sites excluding steroid dienone is 2. The molecule has 0 fully saturated rings. The monoisotopic (exact) mass is 358 g/mol. The maximum absolute atomic E-state index is 9.90. The molecule has 2 rings (SSSR count). The van der Waals surface area contributed by atoms with Gasteiger partial charge in [0.05, 0.1) is 6.10 Å². The van der Waals surface area contributed by atoms with Gasteiger partial charge in [0.1, 0.15) is 18.1 Å². The molecule has 0 bridgehead atoms. The Hall–Kier alpha value is -1.56. The van der Waals surface area contributed by atoms with Crippen LogP contribution in [0.4, 0.5) is 0 Å². The van der Waals surface area contributed by atoms with E-state index in [4.69, 9.17) is 14.2 Å². The third kappa shape index (κ3) is 5.73. The van der Waals surface area contributed by atoms with Crippen molar-refractivity contribution in [2.24, 2.45) is 5.92 Å². The zero-order valence-corrected chi connectivity index (χ0v) is 16.2. The Kier molecular flexibility index (Phi) is 7.95. The van der Waals surface area contributed by atoms with E-state index in [0.717, 1.165) is 42.6 Å². The summed E-state index contributed by atoms with van der Waals surface area (Å²) in [6.07, 6.45) is 8.22. The molecule has 0 saturated heterocycles. The summed E-state index contributed by atoms with van der Waals surface area (Å²) in [4.78, 5) is 0. The first-order chi connectivity index (χ1) is 12.4. The second-order valence-electron chi connectivity index (χ2n) is 7.21. The van der Waals surface area contributed by atoms with E-state index in [1.165, 1.54) is 5.57 Å². The molecule has 0 amide bonds. The van der Waals surface area contributed by atoms with Crippen LogP contribution in [-0.2, 0) is 11.3 Å². The van der Waals surface area contributed by atoms with Gasteiger partial charge in [0.2, 0.25) is 0 Å². The molecule has 0 aromatic carbocycles. The smallest absolute Gasteiger partial charge is 0.458 e. The minimum absolute atomic E-state index is 0.0871. The summed E-state index contributed by atoms with van der Waals surface area (Å²) in [7, 11) is -0.737. The highest BCUT2D eigenvalue weighted by molar-refractivity contribution is 6.43. The van der Waals surface area contributed by atoms with E-state index in [1.807, 2.05) is 6.07 Å². The standard InChI is InChI=1S/C21H31BO4/c1-5-6-17(13-18-8-9-19(14-23)25-18)7-10-21-20(16(4)15(2)3)11-12-22(24)26-21/h8-9,11,13,15,21,23-24H,4-7,10,12,14H2,1-3H3/b17-13+. The number of hydrogen-bond acceptors (Lipinski definition) is 4. The lowest BCUT2D eigenvalue weighted by molar-refractivity contribution is 0.182. The summed E-state index contributed by atoms with van der Waals surface area (Å²) in [6, 6.07) is 3.68. The first-order valence-corrected chi connectivity index (χ1v) is 9.56. The fraction of sp³-hybridized carbons (Fsp3) is 0.524. The Bertz CT molecular complexity index is 657. The van der Waals surface area contributed by atoms with Crippen LogP contribution < -0.4 is 0 Å². The molecule has 26 heavy (non-hydrogen) atoms. The van der Waals surface area contributed by atoms with Gasteiger partial charge in [-0.2, -0.15) is 0 Å². The Morgan fingerprint density at radius 1 is 1.38 bits per heavy atom. The van der Waals surface area contributed by atoms with Crippen molar-refractivity contribution in [1.29, 1.82) is 0 Å². The molecule has 2 heterocycles. The van der Waals surface area contributed by atoms with Gasteiger partial charge in [-0.1, -0.05) is 45.4 Å². The lowest BCUT2D eigenvalue weighted by Crippen LogP contribution is -2.32. The van der Waals surface area contributed by atoms with Crippen molar-refractivity contribution in [3.05, 3.63) is 53.0 Å². The third-order valence-corrected chi connectivity index (χ3v) is 4.76. The summed E-state index contributed by atoms with van der Waals surface area (Å²) >= 11 is 0. The zero-order chi connectivity index (χ0) is 19.1. The van der Waals surface area contributed by atoms with Crippen LogP contribution in [0.1, 0.15) is 58.0 Å². The molecule has 1 aromatic rings. The maximum atomic E-state index is 9.90. The van der Waals surface area contributed by atoms with Crippen molar-refractivity contribution in [1.82, 2.24) is 0 Å². The summed E-state index contributed by atoms with van der Waals surface area (Å²) < 4.78 is 11.4. The van der Waals surface area contributed by atoms with Gasteiger partial charge < -0.3 is 19.2 Å². The topological polar surface area (TPSA) is 62.8 Å². The van der Waals surface area contributed by atoms with Crippen LogP contribution in [0.2, 0.25) is 6.32 Å². The van der Waals surface area contributed by atoms with Crippen molar-refractivity contribution >= 4 is 13.2 Å². The van der Waals surface area contributed by atoms with Crippen molar-refractivity contribution in [3.8, 4) is 0 Å². The molecule has 4 nitrogen and oxygen atoms in total. The van der Waals surface area contributed by atoms with Gasteiger partial charge in [-0.25, -0.2) is 0 Å². The van der Waals surface area contributed by atoms with Gasteiger partial charge in [-0.3, -0.25) is 0 Å². The molecular formula is C21H31BO4. The first kappa shape index (κ1) is 20.8. The highest BCUT2D eigenvalue weighted by Crippen LogP contribution is 2.31. The molecule has 1 atom stereocenters. The van der Waals surface area contributed by atoms with Gasteiger partial charge in [0, 0.05) is 6.32 Å². The largest absolute Gasteiger partial charge is 0.459 e. The van der Waals surface area contributed by atoms with Gasteiger partial charge >= 0.3 is 7.12 Å². The van der Waals surface area contributed by atoms with Crippen LogP contribution in [-0.4, -0.2) is 23.4 Å². The maximum Gasteiger partial charge on any atom is 0.458 e. The molecule has 2 N–H and O–H groups in total. The van der Waals surface area contributed by atoms with Crippen molar-refractivity contribution < 1.29 is 19.2 Å². The predicted molar refractivity (Wildman–Crippen MR) is 106 cm³/mol. The Morgan fingerprint density at radius 3 is 2.77 bits per heavy atom. The number of aliphatic hydroxyl groups excluding tert-OH is 1. The van der Waals surface area contributed by atoms with E-state index in [1.54, 1.807) is 6.07 Å². The van der Waals surface area contributed by atoms with Gasteiger partial charge in [-0.05, 0) is 54.5 Å². The average Bonchev–Trinajstić information content (AvgIpc) is 3.07. The van der Waals surface area contributed by atoms with Crippen LogP contribution in [0.5, 0.6) is 0 Å². The SMILES string of the molecule is C=C(C1=CCB(O)OC1CC/C(=C/c1ccc(CO)o1)CCC)C(C)C. The van der Waals surface area contributed by atoms with Crippen LogP contribution >= 0.6 is 0 Å². The van der Waals surface area contributed by atoms with Crippen LogP contribution in [0.25, 0.3) is 6.08 Å². The zero-order valence-electron chi connectivity index (χ0n) is 16.2. The summed E-state index contributed by atoms with van der Waals surface area (Å²) in [5.74, 6) is 1.70. The van der Waals surface area contributed by atoms with E-state index >= 15 is 0 Å². The Morgan fingerprint density at radius 2 is 2.15 bits per heavy atom. The second kappa shape index (κ2) is 9.95. The molecule has 1 aromatic heterocycles. The second-order valence-corrected chi connectivity index (χ2v) is 7.21. The quantitative estimate of drug-likeness (QED) is 0.625. The highest BCUT2D eigenvalue weighted by Gasteiger charge is 2.28. The van der Waals surface area contributed by atoms with Crippen LogP contribution in [0, 0.1) is 5.92 Å². The van der Waals surface area contributed by atoms with Crippen LogP contribution in [0.3, 0.4) is 0 Å². The van der Waals surface area contributed by atoms with E-state index in [2.05, 4.69) is 39.5 Å². The summed E-state index contributed by atoms with van der Waals surface area (Å²) in [5, 5.41) is 19.0. The van der Waals surface area contributed by atoms with Crippen molar-refractivity contribution in [2.75, 3.05) is 0 Å².